The van der Waals surface area contributed by atoms with Crippen molar-refractivity contribution in [3.63, 3.8) is 0 Å². The van der Waals surface area contributed by atoms with Gasteiger partial charge < -0.3 is 5.11 Å². The Morgan fingerprint density at radius 2 is 1.50 bits per heavy atom. The SMILES string of the molecule is CC(C)(C)c1cc(N=Cc2ccc(F)cc2)c(O)c(C(C)(C)C)c1. The Morgan fingerprint density at radius 3 is 2.00 bits per heavy atom. The number of benzene rings is 2. The van der Waals surface area contributed by atoms with E-state index < -0.39 is 0 Å². The molecule has 0 aromatic heterocycles. The minimum atomic E-state index is -0.278. The quantitative estimate of drug-likeness (QED) is 0.687. The molecule has 0 radical (unpaired) electrons. The molecule has 0 aliphatic carbocycles. The highest BCUT2D eigenvalue weighted by Gasteiger charge is 2.24. The molecule has 128 valence electrons. The predicted molar refractivity (Wildman–Crippen MR) is 99.2 cm³/mol. The molecule has 0 saturated carbocycles. The van der Waals surface area contributed by atoms with Gasteiger partial charge in [0.05, 0.1) is 0 Å². The Morgan fingerprint density at radius 1 is 0.917 bits per heavy atom. The average Bonchev–Trinajstić information content (AvgIpc) is 2.45. The van der Waals surface area contributed by atoms with Crippen molar-refractivity contribution in [2.75, 3.05) is 0 Å². The fourth-order valence-corrected chi connectivity index (χ4v) is 2.42. The Hall–Kier alpha value is -2.16. The van der Waals surface area contributed by atoms with Crippen molar-refractivity contribution >= 4 is 11.9 Å². The van der Waals surface area contributed by atoms with E-state index in [9.17, 15) is 9.50 Å². The van der Waals surface area contributed by atoms with Crippen LogP contribution in [0.4, 0.5) is 10.1 Å². The second kappa shape index (κ2) is 6.39. The van der Waals surface area contributed by atoms with E-state index in [4.69, 9.17) is 0 Å². The van der Waals surface area contributed by atoms with Crippen LogP contribution in [0.1, 0.15) is 58.2 Å². The summed E-state index contributed by atoms with van der Waals surface area (Å²) in [5, 5.41) is 10.7. The Bertz CT molecular complexity index is 747. The van der Waals surface area contributed by atoms with Gasteiger partial charge in [0, 0.05) is 11.8 Å². The van der Waals surface area contributed by atoms with Crippen molar-refractivity contribution in [3.05, 3.63) is 58.9 Å². The van der Waals surface area contributed by atoms with E-state index in [1.54, 1.807) is 18.3 Å². The summed E-state index contributed by atoms with van der Waals surface area (Å²) in [4.78, 5) is 4.46. The molecule has 0 spiro atoms. The van der Waals surface area contributed by atoms with Crippen LogP contribution >= 0.6 is 0 Å². The van der Waals surface area contributed by atoms with Crippen molar-refractivity contribution in [2.45, 2.75) is 52.4 Å². The van der Waals surface area contributed by atoms with Gasteiger partial charge >= 0.3 is 0 Å². The molecule has 0 bridgehead atoms. The van der Waals surface area contributed by atoms with Gasteiger partial charge in [-0.15, -0.1) is 0 Å². The van der Waals surface area contributed by atoms with Gasteiger partial charge in [-0.05, 0) is 40.2 Å². The molecule has 0 fully saturated rings. The fraction of sp³-hybridized carbons (Fsp3) is 0.381. The maximum Gasteiger partial charge on any atom is 0.144 e. The summed E-state index contributed by atoms with van der Waals surface area (Å²) in [5.41, 5.74) is 3.09. The number of phenols is 1. The first-order valence-corrected chi connectivity index (χ1v) is 8.16. The standard InChI is InChI=1S/C21H26FNO/c1-20(2,3)15-11-17(21(4,5)6)19(24)18(12-15)23-13-14-7-9-16(22)10-8-14/h7-13,24H,1-6H3. The van der Waals surface area contributed by atoms with Crippen molar-refractivity contribution in [2.24, 2.45) is 4.99 Å². The monoisotopic (exact) mass is 327 g/mol. The first-order chi connectivity index (χ1) is 11.0. The summed E-state index contributed by atoms with van der Waals surface area (Å²) in [6, 6.07) is 10.1. The fourth-order valence-electron chi connectivity index (χ4n) is 2.42. The molecule has 3 heteroatoms. The molecule has 0 aliphatic heterocycles. The van der Waals surface area contributed by atoms with E-state index in [1.165, 1.54) is 12.1 Å². The number of aromatic hydroxyl groups is 1. The Kier molecular flexibility index (Phi) is 4.84. The van der Waals surface area contributed by atoms with E-state index in [0.717, 1.165) is 16.7 Å². The lowest BCUT2D eigenvalue weighted by Crippen LogP contribution is -2.16. The summed E-state index contributed by atoms with van der Waals surface area (Å²) in [6.45, 7) is 12.6. The zero-order valence-corrected chi connectivity index (χ0v) is 15.3. The van der Waals surface area contributed by atoms with Crippen LogP contribution in [0.25, 0.3) is 0 Å². The number of hydrogen-bond acceptors (Lipinski definition) is 2. The lowest BCUT2D eigenvalue weighted by atomic mass is 9.80. The van der Waals surface area contributed by atoms with Gasteiger partial charge in [0.2, 0.25) is 0 Å². The zero-order valence-electron chi connectivity index (χ0n) is 15.3. The summed E-state index contributed by atoms with van der Waals surface area (Å²) in [5.74, 6) is -0.0754. The molecule has 0 atom stereocenters. The zero-order chi connectivity index (χ0) is 18.1. The maximum absolute atomic E-state index is 13.0. The van der Waals surface area contributed by atoms with Crippen LogP contribution in [-0.4, -0.2) is 11.3 Å². The third-order valence-electron chi connectivity index (χ3n) is 3.99. The number of rotatable bonds is 2. The van der Waals surface area contributed by atoms with Gasteiger partial charge in [-0.2, -0.15) is 0 Å². The minimum Gasteiger partial charge on any atom is -0.505 e. The molecule has 2 aromatic carbocycles. The lowest BCUT2D eigenvalue weighted by Gasteiger charge is -2.26. The number of aliphatic imine (C=N–C) groups is 1. The van der Waals surface area contributed by atoms with E-state index in [0.29, 0.717) is 5.69 Å². The second-order valence-electron chi connectivity index (χ2n) is 8.20. The molecule has 0 saturated heterocycles. The average molecular weight is 327 g/mol. The highest BCUT2D eigenvalue weighted by molar-refractivity contribution is 5.83. The summed E-state index contributed by atoms with van der Waals surface area (Å²) in [6.07, 6.45) is 1.65. The van der Waals surface area contributed by atoms with Crippen LogP contribution in [-0.2, 0) is 10.8 Å². The van der Waals surface area contributed by atoms with Gasteiger partial charge in [-0.25, -0.2) is 4.39 Å². The summed E-state index contributed by atoms with van der Waals surface area (Å²) in [7, 11) is 0. The van der Waals surface area contributed by atoms with Gasteiger partial charge in [0.1, 0.15) is 17.3 Å². The third-order valence-corrected chi connectivity index (χ3v) is 3.99. The topological polar surface area (TPSA) is 32.6 Å². The van der Waals surface area contributed by atoms with Gasteiger partial charge in [0.15, 0.2) is 0 Å². The van der Waals surface area contributed by atoms with E-state index in [2.05, 4.69) is 52.6 Å². The smallest absolute Gasteiger partial charge is 0.144 e. The maximum atomic E-state index is 13.0. The molecule has 2 nitrogen and oxygen atoms in total. The van der Waals surface area contributed by atoms with E-state index >= 15 is 0 Å². The number of hydrogen-bond donors (Lipinski definition) is 1. The lowest BCUT2D eigenvalue weighted by molar-refractivity contribution is 0.446. The molecule has 0 amide bonds. The van der Waals surface area contributed by atoms with E-state index in [1.807, 2.05) is 6.07 Å². The van der Waals surface area contributed by atoms with E-state index in [-0.39, 0.29) is 22.4 Å². The first-order valence-electron chi connectivity index (χ1n) is 8.16. The van der Waals surface area contributed by atoms with Gasteiger partial charge in [0.25, 0.3) is 0 Å². The largest absolute Gasteiger partial charge is 0.505 e. The normalized spacial score (nSPS) is 12.8. The van der Waals surface area contributed by atoms with Crippen molar-refractivity contribution in [1.82, 2.24) is 0 Å². The summed E-state index contributed by atoms with van der Waals surface area (Å²) >= 11 is 0. The van der Waals surface area contributed by atoms with Crippen molar-refractivity contribution < 1.29 is 9.50 Å². The highest BCUT2D eigenvalue weighted by atomic mass is 19.1. The molecular formula is C21H26FNO. The molecule has 2 aromatic rings. The molecule has 0 aliphatic rings. The predicted octanol–water partition coefficient (Wildman–Crippen LogP) is 5.88. The Labute approximate surface area is 144 Å². The van der Waals surface area contributed by atoms with Crippen LogP contribution in [0.2, 0.25) is 0 Å². The molecule has 0 heterocycles. The molecular weight excluding hydrogens is 301 g/mol. The second-order valence-corrected chi connectivity index (χ2v) is 8.20. The summed E-state index contributed by atoms with van der Waals surface area (Å²) < 4.78 is 13.0. The molecule has 0 unspecified atom stereocenters. The number of nitrogens with zero attached hydrogens (tertiary/aromatic N) is 1. The molecule has 2 rings (SSSR count). The van der Waals surface area contributed by atoms with Crippen molar-refractivity contribution in [3.8, 4) is 5.75 Å². The minimum absolute atomic E-state index is 0.0478. The van der Waals surface area contributed by atoms with Crippen LogP contribution in [0.5, 0.6) is 5.75 Å². The number of phenolic OH excluding ortho intramolecular Hbond substituents is 1. The van der Waals surface area contributed by atoms with Crippen LogP contribution in [0, 0.1) is 5.82 Å². The van der Waals surface area contributed by atoms with Gasteiger partial charge in [-0.3, -0.25) is 4.99 Å². The third kappa shape index (κ3) is 4.22. The Balaban J connectivity index is 2.54. The first kappa shape index (κ1) is 18.2. The highest BCUT2D eigenvalue weighted by Crippen LogP contribution is 2.41. The van der Waals surface area contributed by atoms with Crippen LogP contribution in [0.3, 0.4) is 0 Å². The van der Waals surface area contributed by atoms with Crippen LogP contribution in [0.15, 0.2) is 41.4 Å². The molecule has 1 N–H and O–H groups in total. The van der Waals surface area contributed by atoms with Gasteiger partial charge in [-0.1, -0.05) is 59.7 Å². The number of halogens is 1. The van der Waals surface area contributed by atoms with Crippen LogP contribution < -0.4 is 0 Å². The van der Waals surface area contributed by atoms with Crippen molar-refractivity contribution in [1.29, 1.82) is 0 Å². The molecule has 24 heavy (non-hydrogen) atoms.